The van der Waals surface area contributed by atoms with Crippen LogP contribution < -0.4 is 4.90 Å². The van der Waals surface area contributed by atoms with Crippen molar-refractivity contribution in [2.75, 3.05) is 38.3 Å². The average molecular weight is 296 g/mol. The van der Waals surface area contributed by atoms with E-state index >= 15 is 0 Å². The summed E-state index contributed by atoms with van der Waals surface area (Å²) in [5, 5.41) is -0.424. The molecule has 1 aliphatic heterocycles. The van der Waals surface area contributed by atoms with E-state index < -0.39 is 15.1 Å². The molecule has 0 N–H and O–H groups in total. The van der Waals surface area contributed by atoms with E-state index in [-0.39, 0.29) is 5.91 Å². The Bertz CT molecular complexity index is 593. The van der Waals surface area contributed by atoms with Crippen LogP contribution in [0.15, 0.2) is 24.3 Å². The molecule has 0 saturated carbocycles. The Hall–Kier alpha value is -1.56. The monoisotopic (exact) mass is 296 g/mol. The van der Waals surface area contributed by atoms with Gasteiger partial charge in [0.15, 0.2) is 9.84 Å². The van der Waals surface area contributed by atoms with Crippen LogP contribution in [0.3, 0.4) is 0 Å². The van der Waals surface area contributed by atoms with Gasteiger partial charge >= 0.3 is 0 Å². The van der Waals surface area contributed by atoms with Gasteiger partial charge in [0.25, 0.3) is 5.91 Å². The topological polar surface area (TPSA) is 57.7 Å². The molecular formula is C14H20N2O3S. The van der Waals surface area contributed by atoms with Gasteiger partial charge in [-0.25, -0.2) is 8.42 Å². The van der Waals surface area contributed by atoms with E-state index in [9.17, 15) is 13.2 Å². The van der Waals surface area contributed by atoms with Crippen LogP contribution in [-0.4, -0.2) is 57.9 Å². The summed E-state index contributed by atoms with van der Waals surface area (Å²) in [5.74, 6) is -0.0959. The SMILES string of the molecule is CN(C)c1ccc(C(=O)N2CCC(S(C)(=O)=O)C2)cc1. The average Bonchev–Trinajstić information content (AvgIpc) is 2.87. The van der Waals surface area contributed by atoms with Gasteiger partial charge in [0.1, 0.15) is 0 Å². The molecule has 1 atom stereocenters. The van der Waals surface area contributed by atoms with Crippen LogP contribution in [0.25, 0.3) is 0 Å². The number of carbonyl (C=O) groups excluding carboxylic acids is 1. The van der Waals surface area contributed by atoms with Gasteiger partial charge in [0.05, 0.1) is 5.25 Å². The number of nitrogens with zero attached hydrogens (tertiary/aromatic N) is 2. The van der Waals surface area contributed by atoms with Gasteiger partial charge in [-0.05, 0) is 30.7 Å². The number of amides is 1. The highest BCUT2D eigenvalue weighted by molar-refractivity contribution is 7.91. The summed E-state index contributed by atoms with van der Waals surface area (Å²) < 4.78 is 23.0. The molecule has 1 unspecified atom stereocenters. The van der Waals surface area contributed by atoms with Crippen molar-refractivity contribution in [1.82, 2.24) is 4.90 Å². The van der Waals surface area contributed by atoms with Crippen LogP contribution in [0.1, 0.15) is 16.8 Å². The second-order valence-corrected chi connectivity index (χ2v) is 7.76. The minimum Gasteiger partial charge on any atom is -0.378 e. The normalized spacial score (nSPS) is 19.1. The summed E-state index contributed by atoms with van der Waals surface area (Å²) in [6.45, 7) is 0.805. The summed E-state index contributed by atoms with van der Waals surface area (Å²) >= 11 is 0. The van der Waals surface area contributed by atoms with Gasteiger partial charge in [-0.1, -0.05) is 0 Å². The van der Waals surface area contributed by atoms with Crippen molar-refractivity contribution in [3.63, 3.8) is 0 Å². The van der Waals surface area contributed by atoms with Crippen molar-refractivity contribution in [1.29, 1.82) is 0 Å². The maximum absolute atomic E-state index is 12.3. The van der Waals surface area contributed by atoms with E-state index in [0.717, 1.165) is 5.69 Å². The lowest BCUT2D eigenvalue weighted by molar-refractivity contribution is 0.0793. The van der Waals surface area contributed by atoms with E-state index in [2.05, 4.69) is 0 Å². The quantitative estimate of drug-likeness (QED) is 0.835. The summed E-state index contributed by atoms with van der Waals surface area (Å²) in [5.41, 5.74) is 1.63. The third-order valence-electron chi connectivity index (χ3n) is 3.67. The maximum Gasteiger partial charge on any atom is 0.253 e. The Labute approximate surface area is 120 Å². The zero-order chi connectivity index (χ0) is 14.9. The Morgan fingerprint density at radius 2 is 1.85 bits per heavy atom. The molecule has 1 amide bonds. The highest BCUT2D eigenvalue weighted by atomic mass is 32.2. The maximum atomic E-state index is 12.3. The first-order chi connectivity index (χ1) is 9.29. The van der Waals surface area contributed by atoms with Crippen molar-refractivity contribution in [3.05, 3.63) is 29.8 Å². The Kier molecular flexibility index (Phi) is 4.04. The first-order valence-corrected chi connectivity index (χ1v) is 8.50. The lowest BCUT2D eigenvalue weighted by Gasteiger charge is -2.17. The fraction of sp³-hybridized carbons (Fsp3) is 0.500. The van der Waals surface area contributed by atoms with Gasteiger partial charge < -0.3 is 9.80 Å². The second kappa shape index (κ2) is 5.44. The summed E-state index contributed by atoms with van der Waals surface area (Å²) in [4.78, 5) is 15.9. The molecule has 1 aromatic rings. The van der Waals surface area contributed by atoms with Crippen LogP contribution in [0, 0.1) is 0 Å². The van der Waals surface area contributed by atoms with Crippen LogP contribution in [0.4, 0.5) is 5.69 Å². The fourth-order valence-electron chi connectivity index (χ4n) is 2.35. The number of anilines is 1. The van der Waals surface area contributed by atoms with Gasteiger partial charge in [-0.2, -0.15) is 0 Å². The Morgan fingerprint density at radius 3 is 2.30 bits per heavy atom. The summed E-state index contributed by atoms with van der Waals surface area (Å²) in [6.07, 6.45) is 1.76. The third kappa shape index (κ3) is 3.12. The Balaban J connectivity index is 2.09. The molecule has 1 fully saturated rings. The van der Waals surface area contributed by atoms with E-state index in [1.54, 1.807) is 17.0 Å². The molecular weight excluding hydrogens is 276 g/mol. The number of hydrogen-bond acceptors (Lipinski definition) is 4. The zero-order valence-corrected chi connectivity index (χ0v) is 12.9. The van der Waals surface area contributed by atoms with E-state index in [0.29, 0.717) is 25.1 Å². The predicted molar refractivity (Wildman–Crippen MR) is 79.9 cm³/mol. The summed E-state index contributed by atoms with van der Waals surface area (Å²) in [7, 11) is 0.807. The molecule has 1 saturated heterocycles. The first kappa shape index (κ1) is 14.8. The molecule has 0 bridgehead atoms. The van der Waals surface area contributed by atoms with Crippen molar-refractivity contribution in [2.24, 2.45) is 0 Å². The van der Waals surface area contributed by atoms with Crippen LogP contribution in [-0.2, 0) is 9.84 Å². The minimum absolute atomic E-state index is 0.0959. The number of likely N-dealkylation sites (tertiary alicyclic amines) is 1. The molecule has 110 valence electrons. The predicted octanol–water partition coefficient (Wildman–Crippen LogP) is 1.01. The molecule has 0 spiro atoms. The largest absolute Gasteiger partial charge is 0.378 e. The summed E-state index contributed by atoms with van der Waals surface area (Å²) in [6, 6.07) is 7.34. The minimum atomic E-state index is -3.07. The first-order valence-electron chi connectivity index (χ1n) is 6.54. The van der Waals surface area contributed by atoms with Crippen molar-refractivity contribution >= 4 is 21.4 Å². The molecule has 0 aromatic heterocycles. The standard InChI is InChI=1S/C14H20N2O3S/c1-15(2)12-6-4-11(5-7-12)14(17)16-9-8-13(10-16)20(3,18)19/h4-7,13H,8-10H2,1-3H3. The van der Waals surface area contributed by atoms with Crippen LogP contribution in [0.5, 0.6) is 0 Å². The van der Waals surface area contributed by atoms with E-state index in [4.69, 9.17) is 0 Å². The number of benzene rings is 1. The lowest BCUT2D eigenvalue weighted by atomic mass is 10.2. The second-order valence-electron chi connectivity index (χ2n) is 5.43. The molecule has 6 heteroatoms. The third-order valence-corrected chi connectivity index (χ3v) is 5.26. The fourth-order valence-corrected chi connectivity index (χ4v) is 3.33. The number of rotatable bonds is 3. The number of sulfone groups is 1. The Morgan fingerprint density at radius 1 is 1.25 bits per heavy atom. The smallest absolute Gasteiger partial charge is 0.253 e. The zero-order valence-electron chi connectivity index (χ0n) is 12.0. The van der Waals surface area contributed by atoms with Gasteiger partial charge in [0.2, 0.25) is 0 Å². The molecule has 0 radical (unpaired) electrons. The lowest BCUT2D eigenvalue weighted by Crippen LogP contribution is -2.31. The van der Waals surface area contributed by atoms with Crippen molar-refractivity contribution in [3.8, 4) is 0 Å². The molecule has 5 nitrogen and oxygen atoms in total. The van der Waals surface area contributed by atoms with Crippen molar-refractivity contribution < 1.29 is 13.2 Å². The van der Waals surface area contributed by atoms with Gasteiger partial charge in [-0.3, -0.25) is 4.79 Å². The number of hydrogen-bond donors (Lipinski definition) is 0. The molecule has 20 heavy (non-hydrogen) atoms. The van der Waals surface area contributed by atoms with Crippen LogP contribution >= 0.6 is 0 Å². The molecule has 2 rings (SSSR count). The van der Waals surface area contributed by atoms with Gasteiger partial charge in [-0.15, -0.1) is 0 Å². The van der Waals surface area contributed by atoms with Gasteiger partial charge in [0, 0.05) is 44.7 Å². The highest BCUT2D eigenvalue weighted by Crippen LogP contribution is 2.20. The number of carbonyl (C=O) groups is 1. The van der Waals surface area contributed by atoms with E-state index in [1.165, 1.54) is 6.26 Å². The molecule has 1 heterocycles. The van der Waals surface area contributed by atoms with Crippen molar-refractivity contribution in [2.45, 2.75) is 11.7 Å². The van der Waals surface area contributed by atoms with E-state index in [1.807, 2.05) is 31.1 Å². The molecule has 1 aliphatic rings. The molecule has 0 aliphatic carbocycles. The van der Waals surface area contributed by atoms with Crippen LogP contribution in [0.2, 0.25) is 0 Å². The highest BCUT2D eigenvalue weighted by Gasteiger charge is 2.32. The molecule has 1 aromatic carbocycles.